The van der Waals surface area contributed by atoms with Crippen molar-refractivity contribution >= 4 is 23.4 Å². The molecule has 9 nitrogen and oxygen atoms in total. The maximum Gasteiger partial charge on any atom is 0.345 e. The summed E-state index contributed by atoms with van der Waals surface area (Å²) in [4.78, 5) is 55.5. The molecule has 2 aliphatic rings. The van der Waals surface area contributed by atoms with Gasteiger partial charge in [-0.3, -0.25) is 24.1 Å². The van der Waals surface area contributed by atoms with Crippen molar-refractivity contribution in [3.63, 3.8) is 0 Å². The third-order valence-electron chi connectivity index (χ3n) is 8.24. The van der Waals surface area contributed by atoms with Gasteiger partial charge in [-0.25, -0.2) is 0 Å². The van der Waals surface area contributed by atoms with Crippen molar-refractivity contribution < 1.29 is 37.4 Å². The van der Waals surface area contributed by atoms with Crippen LogP contribution in [-0.2, 0) is 41.5 Å². The average Bonchev–Trinajstić information content (AvgIpc) is 3.77. The number of Topliss-reactive ketones (excluding diaryl/α,β-unsaturated/α-hetero) is 2. The summed E-state index contributed by atoms with van der Waals surface area (Å²) in [5.74, 6) is -2.60. The zero-order valence-electron chi connectivity index (χ0n) is 25.0. The minimum Gasteiger partial charge on any atom is -0.379 e. The highest BCUT2D eigenvalue weighted by molar-refractivity contribution is 5.97. The Kier molecular flexibility index (Phi) is 12.1. The Bertz CT molecular complexity index is 1250. The van der Waals surface area contributed by atoms with Gasteiger partial charge in [0, 0.05) is 30.8 Å². The second kappa shape index (κ2) is 16.0. The summed E-state index contributed by atoms with van der Waals surface area (Å²) in [5.41, 5.74) is 1.18. The molecule has 3 atom stereocenters. The summed E-state index contributed by atoms with van der Waals surface area (Å²) < 4.78 is 35.7. The average molecular weight is 614 g/mol. The van der Waals surface area contributed by atoms with Crippen molar-refractivity contribution in [3.8, 4) is 0 Å². The lowest BCUT2D eigenvalue weighted by Crippen LogP contribution is -2.51. The van der Waals surface area contributed by atoms with E-state index < -0.39 is 54.2 Å². The molecule has 4 rings (SSSR count). The lowest BCUT2D eigenvalue weighted by Gasteiger charge is -2.27. The number of morpholine rings is 1. The zero-order chi connectivity index (χ0) is 31.5. The van der Waals surface area contributed by atoms with Gasteiger partial charge in [-0.1, -0.05) is 67.6 Å². The molecule has 2 N–H and O–H groups in total. The predicted octanol–water partition coefficient (Wildman–Crippen LogP) is 2.96. The van der Waals surface area contributed by atoms with E-state index in [0.29, 0.717) is 32.7 Å². The number of carbonyl (C=O) groups excluding carboxylic acids is 4. The Labute approximate surface area is 256 Å². The molecular weight excluding hydrogens is 572 g/mol. The van der Waals surface area contributed by atoms with E-state index in [4.69, 9.17) is 4.74 Å². The molecule has 2 amide bonds. The third-order valence-corrected chi connectivity index (χ3v) is 8.24. The van der Waals surface area contributed by atoms with Crippen LogP contribution in [0.15, 0.2) is 60.7 Å². The smallest absolute Gasteiger partial charge is 0.345 e. The highest BCUT2D eigenvalue weighted by atomic mass is 19.3. The Morgan fingerprint density at radius 1 is 0.886 bits per heavy atom. The molecule has 1 saturated heterocycles. The van der Waals surface area contributed by atoms with Gasteiger partial charge < -0.3 is 20.1 Å². The molecule has 0 aromatic heterocycles. The van der Waals surface area contributed by atoms with Gasteiger partial charge in [-0.2, -0.15) is 8.78 Å². The van der Waals surface area contributed by atoms with E-state index in [2.05, 4.69) is 15.4 Å². The summed E-state index contributed by atoms with van der Waals surface area (Å²) in [6.45, 7) is -0.0330. The van der Waals surface area contributed by atoms with Crippen molar-refractivity contribution in [3.05, 3.63) is 71.8 Å². The minimum absolute atomic E-state index is 0.0300. The number of hydrogen-bond acceptors (Lipinski definition) is 7. The fraction of sp³-hybridized carbons (Fsp3) is 0.515. The summed E-state index contributed by atoms with van der Waals surface area (Å²) in [6, 6.07) is 16.3. The van der Waals surface area contributed by atoms with Crippen LogP contribution in [0.4, 0.5) is 8.78 Å². The molecule has 1 aliphatic carbocycles. The van der Waals surface area contributed by atoms with Gasteiger partial charge in [0.15, 0.2) is 11.6 Å². The molecule has 1 aliphatic heterocycles. The maximum absolute atomic E-state index is 13.8. The zero-order valence-corrected chi connectivity index (χ0v) is 25.0. The van der Waals surface area contributed by atoms with Crippen molar-refractivity contribution in [1.29, 1.82) is 0 Å². The molecular formula is C33H41F2N3O6. The summed E-state index contributed by atoms with van der Waals surface area (Å²) >= 11 is 0. The van der Waals surface area contributed by atoms with E-state index >= 15 is 0 Å². The fourth-order valence-electron chi connectivity index (χ4n) is 5.33. The molecule has 0 spiro atoms. The van der Waals surface area contributed by atoms with Gasteiger partial charge in [0.2, 0.25) is 11.8 Å². The number of amides is 2. The number of nitrogens with zero attached hydrogens (tertiary/aromatic N) is 1. The number of rotatable bonds is 17. The molecule has 1 heterocycles. The summed E-state index contributed by atoms with van der Waals surface area (Å²) in [7, 11) is 0. The largest absolute Gasteiger partial charge is 0.379 e. The lowest BCUT2D eigenvalue weighted by atomic mass is 9.89. The van der Waals surface area contributed by atoms with Crippen LogP contribution in [0.2, 0.25) is 0 Å². The standard InChI is InChI=1S/C33H41F2N3O6/c1-33(12-13-33)30(41)26(19-24-10-6-3-7-11-24)37-31(42)25(18-23-8-4-2-5-9-23)20-28(39)27(22-44-32(34)35)36-29(40)21-38-14-16-43-17-15-38/h2-11,25-27,32H,12-22H2,1H3,(H,36,40)(H,37,42)/t25-,26+,27+/m1/s1. The van der Waals surface area contributed by atoms with Gasteiger partial charge in [-0.05, 0) is 36.8 Å². The number of ketones is 2. The quantitative estimate of drug-likeness (QED) is 0.282. The van der Waals surface area contributed by atoms with Crippen LogP contribution in [0.5, 0.6) is 0 Å². The minimum atomic E-state index is -3.14. The summed E-state index contributed by atoms with van der Waals surface area (Å²) in [6.07, 6.45) is 1.62. The van der Waals surface area contributed by atoms with Crippen LogP contribution in [0, 0.1) is 11.3 Å². The van der Waals surface area contributed by atoms with Gasteiger partial charge in [0.05, 0.1) is 32.4 Å². The van der Waals surface area contributed by atoms with Crippen LogP contribution in [0.3, 0.4) is 0 Å². The molecule has 2 aromatic rings. The Morgan fingerprint density at radius 3 is 2.05 bits per heavy atom. The van der Waals surface area contributed by atoms with Gasteiger partial charge in [0.25, 0.3) is 0 Å². The van der Waals surface area contributed by atoms with Gasteiger partial charge >= 0.3 is 6.61 Å². The van der Waals surface area contributed by atoms with Crippen LogP contribution < -0.4 is 10.6 Å². The van der Waals surface area contributed by atoms with Crippen LogP contribution in [0.25, 0.3) is 0 Å². The number of nitrogens with one attached hydrogen (secondary N) is 2. The van der Waals surface area contributed by atoms with Gasteiger partial charge in [-0.15, -0.1) is 0 Å². The first-order valence-electron chi connectivity index (χ1n) is 15.1. The number of carbonyl (C=O) groups is 4. The number of halogens is 2. The first-order chi connectivity index (χ1) is 21.1. The Hall–Kier alpha value is -3.54. The van der Waals surface area contributed by atoms with E-state index in [1.54, 1.807) is 0 Å². The maximum atomic E-state index is 13.8. The molecule has 0 bridgehead atoms. The molecule has 238 valence electrons. The molecule has 11 heteroatoms. The number of ether oxygens (including phenoxy) is 2. The first-order valence-corrected chi connectivity index (χ1v) is 15.1. The van der Waals surface area contributed by atoms with Crippen molar-refractivity contribution in [2.24, 2.45) is 11.3 Å². The van der Waals surface area contributed by atoms with Crippen LogP contribution in [0.1, 0.15) is 37.3 Å². The molecule has 2 aromatic carbocycles. The van der Waals surface area contributed by atoms with E-state index in [1.807, 2.05) is 72.5 Å². The predicted molar refractivity (Wildman–Crippen MR) is 159 cm³/mol. The van der Waals surface area contributed by atoms with Crippen molar-refractivity contribution in [2.75, 3.05) is 39.5 Å². The van der Waals surface area contributed by atoms with E-state index in [0.717, 1.165) is 24.0 Å². The van der Waals surface area contributed by atoms with Crippen molar-refractivity contribution in [1.82, 2.24) is 15.5 Å². The highest BCUT2D eigenvalue weighted by Gasteiger charge is 2.48. The lowest BCUT2D eigenvalue weighted by molar-refractivity contribution is -0.147. The molecule has 1 saturated carbocycles. The topological polar surface area (TPSA) is 114 Å². The fourth-order valence-corrected chi connectivity index (χ4v) is 5.33. The monoisotopic (exact) mass is 613 g/mol. The second-order valence-electron chi connectivity index (χ2n) is 11.8. The summed E-state index contributed by atoms with van der Waals surface area (Å²) in [5, 5.41) is 5.46. The van der Waals surface area contributed by atoms with Gasteiger partial charge in [0.1, 0.15) is 6.04 Å². The first kappa shape index (κ1) is 33.4. The number of alkyl halides is 2. The second-order valence-corrected chi connectivity index (χ2v) is 11.8. The van der Waals surface area contributed by atoms with Crippen LogP contribution in [-0.4, -0.2) is 86.4 Å². The SMILES string of the molecule is CC1(C(=O)[C@H](Cc2ccccc2)NC(=O)[C@@H](CC(=O)[C@H](COC(F)F)NC(=O)CN2CCOCC2)Cc2ccccc2)CC1. The Balaban J connectivity index is 1.50. The van der Waals surface area contributed by atoms with Crippen LogP contribution >= 0.6 is 0 Å². The van der Waals surface area contributed by atoms with E-state index in [-0.39, 0.29) is 25.2 Å². The van der Waals surface area contributed by atoms with Crippen molar-refractivity contribution in [2.45, 2.75) is 57.7 Å². The molecule has 44 heavy (non-hydrogen) atoms. The number of benzene rings is 2. The number of hydrogen-bond donors (Lipinski definition) is 2. The molecule has 0 radical (unpaired) electrons. The Morgan fingerprint density at radius 2 is 1.48 bits per heavy atom. The highest BCUT2D eigenvalue weighted by Crippen LogP contribution is 2.46. The van der Waals surface area contributed by atoms with E-state index in [1.165, 1.54) is 0 Å². The normalized spacial score (nSPS) is 18.2. The third kappa shape index (κ3) is 10.3. The van der Waals surface area contributed by atoms with E-state index in [9.17, 15) is 28.0 Å². The molecule has 0 unspecified atom stereocenters. The molecule has 2 fully saturated rings.